The van der Waals surface area contributed by atoms with Crippen LogP contribution in [0.3, 0.4) is 0 Å². The van der Waals surface area contributed by atoms with Crippen molar-refractivity contribution in [2.45, 2.75) is 19.4 Å². The maximum atomic E-state index is 12.3. The highest BCUT2D eigenvalue weighted by Gasteiger charge is 2.18. The SMILES string of the molecule is CCOc1cc([C@H](N)C(F)F)ccc1O.Cl. The molecule has 0 aliphatic heterocycles. The highest BCUT2D eigenvalue weighted by molar-refractivity contribution is 5.85. The topological polar surface area (TPSA) is 55.5 Å². The van der Waals surface area contributed by atoms with Gasteiger partial charge < -0.3 is 15.6 Å². The van der Waals surface area contributed by atoms with Crippen LogP contribution in [-0.4, -0.2) is 18.1 Å². The number of nitrogens with two attached hydrogens (primary N) is 1. The van der Waals surface area contributed by atoms with Gasteiger partial charge >= 0.3 is 0 Å². The van der Waals surface area contributed by atoms with Gasteiger partial charge in [-0.2, -0.15) is 0 Å². The van der Waals surface area contributed by atoms with Gasteiger partial charge in [-0.3, -0.25) is 0 Å². The lowest BCUT2D eigenvalue weighted by molar-refractivity contribution is 0.116. The van der Waals surface area contributed by atoms with Crippen molar-refractivity contribution in [1.82, 2.24) is 0 Å². The predicted molar refractivity (Wildman–Crippen MR) is 59.5 cm³/mol. The van der Waals surface area contributed by atoms with Crippen LogP contribution < -0.4 is 10.5 Å². The number of ether oxygens (including phenoxy) is 1. The molecular formula is C10H14ClF2NO2. The Labute approximate surface area is 98.6 Å². The minimum Gasteiger partial charge on any atom is -0.504 e. The first-order valence-corrected chi connectivity index (χ1v) is 4.55. The Morgan fingerprint density at radius 3 is 2.56 bits per heavy atom. The molecular weight excluding hydrogens is 240 g/mol. The third kappa shape index (κ3) is 3.50. The van der Waals surface area contributed by atoms with Crippen LogP contribution in [0.1, 0.15) is 18.5 Å². The Kier molecular flexibility index (Phi) is 6.06. The van der Waals surface area contributed by atoms with E-state index in [1.54, 1.807) is 6.92 Å². The first-order chi connectivity index (χ1) is 7.06. The molecule has 6 heteroatoms. The molecule has 0 heterocycles. The average Bonchev–Trinajstić information content (AvgIpc) is 2.20. The van der Waals surface area contributed by atoms with Gasteiger partial charge in [0.2, 0.25) is 0 Å². The van der Waals surface area contributed by atoms with E-state index < -0.39 is 12.5 Å². The van der Waals surface area contributed by atoms with E-state index >= 15 is 0 Å². The minimum absolute atomic E-state index is 0. The first-order valence-electron chi connectivity index (χ1n) is 4.55. The summed E-state index contributed by atoms with van der Waals surface area (Å²) in [5, 5.41) is 9.33. The monoisotopic (exact) mass is 253 g/mol. The molecule has 92 valence electrons. The maximum Gasteiger partial charge on any atom is 0.257 e. The quantitative estimate of drug-likeness (QED) is 0.867. The van der Waals surface area contributed by atoms with Gasteiger partial charge in [-0.25, -0.2) is 8.78 Å². The number of phenolic OH excluding ortho intramolecular Hbond substituents is 1. The summed E-state index contributed by atoms with van der Waals surface area (Å²) in [6.45, 7) is 2.08. The summed E-state index contributed by atoms with van der Waals surface area (Å²) in [6.07, 6.45) is -2.64. The van der Waals surface area contributed by atoms with Gasteiger partial charge in [-0.15, -0.1) is 12.4 Å². The van der Waals surface area contributed by atoms with E-state index in [9.17, 15) is 13.9 Å². The average molecular weight is 254 g/mol. The van der Waals surface area contributed by atoms with Gasteiger partial charge in [0.15, 0.2) is 11.5 Å². The molecule has 0 aromatic heterocycles. The highest BCUT2D eigenvalue weighted by atomic mass is 35.5. The number of aromatic hydroxyl groups is 1. The number of hydrogen-bond acceptors (Lipinski definition) is 3. The molecule has 1 aromatic carbocycles. The second-order valence-corrected chi connectivity index (χ2v) is 3.02. The second kappa shape index (κ2) is 6.50. The molecule has 0 unspecified atom stereocenters. The van der Waals surface area contributed by atoms with E-state index in [1.807, 2.05) is 0 Å². The van der Waals surface area contributed by atoms with Gasteiger partial charge in [-0.05, 0) is 24.6 Å². The van der Waals surface area contributed by atoms with Crippen LogP contribution in [-0.2, 0) is 0 Å². The number of phenols is 1. The summed E-state index contributed by atoms with van der Waals surface area (Å²) < 4.78 is 29.7. The Morgan fingerprint density at radius 2 is 2.06 bits per heavy atom. The van der Waals surface area contributed by atoms with Crippen LogP contribution in [0, 0.1) is 0 Å². The molecule has 0 saturated carbocycles. The van der Waals surface area contributed by atoms with Gasteiger partial charge in [-0.1, -0.05) is 6.07 Å². The smallest absolute Gasteiger partial charge is 0.257 e. The van der Waals surface area contributed by atoms with Crippen molar-refractivity contribution in [3.05, 3.63) is 23.8 Å². The Balaban J connectivity index is 0.00000225. The third-order valence-electron chi connectivity index (χ3n) is 1.94. The molecule has 0 radical (unpaired) electrons. The zero-order chi connectivity index (χ0) is 11.4. The lowest BCUT2D eigenvalue weighted by Crippen LogP contribution is -2.18. The predicted octanol–water partition coefficient (Wildman–Crippen LogP) is 2.48. The van der Waals surface area contributed by atoms with E-state index in [-0.39, 0.29) is 29.5 Å². The molecule has 16 heavy (non-hydrogen) atoms. The summed E-state index contributed by atoms with van der Waals surface area (Å²) in [7, 11) is 0. The van der Waals surface area contributed by atoms with E-state index in [0.29, 0.717) is 6.61 Å². The van der Waals surface area contributed by atoms with Crippen molar-refractivity contribution in [3.63, 3.8) is 0 Å². The molecule has 0 aliphatic rings. The van der Waals surface area contributed by atoms with Gasteiger partial charge in [0.1, 0.15) is 0 Å². The van der Waals surface area contributed by atoms with Crippen molar-refractivity contribution in [2.24, 2.45) is 5.73 Å². The Hall–Kier alpha value is -1.07. The van der Waals surface area contributed by atoms with Crippen LogP contribution in [0.4, 0.5) is 8.78 Å². The molecule has 3 N–H and O–H groups in total. The van der Waals surface area contributed by atoms with Crippen molar-refractivity contribution in [1.29, 1.82) is 0 Å². The summed E-state index contributed by atoms with van der Waals surface area (Å²) in [5.74, 6) is 0.0909. The van der Waals surface area contributed by atoms with Gasteiger partial charge in [0.25, 0.3) is 6.43 Å². The van der Waals surface area contributed by atoms with Crippen LogP contribution in [0.2, 0.25) is 0 Å². The first kappa shape index (κ1) is 14.9. The Morgan fingerprint density at radius 1 is 1.44 bits per heavy atom. The molecule has 0 bridgehead atoms. The standard InChI is InChI=1S/C10H13F2NO2.ClH/c1-2-15-8-5-6(3-4-7(8)14)9(13)10(11)12;/h3-5,9-10,14H,2,13H2,1H3;1H/t9-;/m0./s1. The van der Waals surface area contributed by atoms with E-state index in [0.717, 1.165) is 0 Å². The third-order valence-corrected chi connectivity index (χ3v) is 1.94. The Bertz CT molecular complexity index is 337. The highest BCUT2D eigenvalue weighted by Crippen LogP contribution is 2.30. The number of alkyl halides is 2. The second-order valence-electron chi connectivity index (χ2n) is 3.02. The number of halogens is 3. The van der Waals surface area contributed by atoms with E-state index in [4.69, 9.17) is 10.5 Å². The molecule has 0 amide bonds. The van der Waals surface area contributed by atoms with Crippen molar-refractivity contribution < 1.29 is 18.6 Å². The van der Waals surface area contributed by atoms with Crippen molar-refractivity contribution in [2.75, 3.05) is 6.61 Å². The van der Waals surface area contributed by atoms with Crippen LogP contribution in [0.15, 0.2) is 18.2 Å². The number of rotatable bonds is 4. The van der Waals surface area contributed by atoms with Crippen LogP contribution in [0.25, 0.3) is 0 Å². The maximum absolute atomic E-state index is 12.3. The minimum atomic E-state index is -2.64. The zero-order valence-electron chi connectivity index (χ0n) is 8.69. The zero-order valence-corrected chi connectivity index (χ0v) is 9.51. The molecule has 0 saturated heterocycles. The molecule has 0 spiro atoms. The summed E-state index contributed by atoms with van der Waals surface area (Å²) in [6, 6.07) is 2.62. The van der Waals surface area contributed by atoms with Gasteiger partial charge in [0.05, 0.1) is 12.6 Å². The number of benzene rings is 1. The molecule has 0 aliphatic carbocycles. The largest absolute Gasteiger partial charge is 0.504 e. The summed E-state index contributed by atoms with van der Waals surface area (Å²) in [4.78, 5) is 0. The van der Waals surface area contributed by atoms with Crippen molar-refractivity contribution >= 4 is 12.4 Å². The van der Waals surface area contributed by atoms with Crippen LogP contribution in [0.5, 0.6) is 11.5 Å². The molecule has 0 fully saturated rings. The lowest BCUT2D eigenvalue weighted by Gasteiger charge is -2.13. The molecule has 1 rings (SSSR count). The fourth-order valence-electron chi connectivity index (χ4n) is 1.15. The number of hydrogen-bond donors (Lipinski definition) is 2. The fourth-order valence-corrected chi connectivity index (χ4v) is 1.15. The fraction of sp³-hybridized carbons (Fsp3) is 0.400. The van der Waals surface area contributed by atoms with Crippen LogP contribution >= 0.6 is 12.4 Å². The van der Waals surface area contributed by atoms with E-state index in [2.05, 4.69) is 0 Å². The van der Waals surface area contributed by atoms with Crippen molar-refractivity contribution in [3.8, 4) is 11.5 Å². The molecule has 1 aromatic rings. The normalized spacial score (nSPS) is 12.1. The van der Waals surface area contributed by atoms with E-state index in [1.165, 1.54) is 18.2 Å². The summed E-state index contributed by atoms with van der Waals surface area (Å²) in [5.41, 5.74) is 5.51. The molecule has 3 nitrogen and oxygen atoms in total. The lowest BCUT2D eigenvalue weighted by atomic mass is 10.1. The molecule has 1 atom stereocenters. The summed E-state index contributed by atoms with van der Waals surface area (Å²) >= 11 is 0. The van der Waals surface area contributed by atoms with Gasteiger partial charge in [0, 0.05) is 0 Å².